The van der Waals surface area contributed by atoms with E-state index in [9.17, 15) is 0 Å². The minimum atomic E-state index is 1.30. The first-order valence-corrected chi connectivity index (χ1v) is 3.86. The van der Waals surface area contributed by atoms with Gasteiger partial charge in [0.15, 0.2) is 0 Å². The molecule has 0 bridgehead atoms. The Balaban J connectivity index is 3.09. The Hall–Kier alpha value is -0.915. The van der Waals surface area contributed by atoms with Crippen LogP contribution in [-0.4, -0.2) is 15.0 Å². The maximum atomic E-state index is 2.20. The zero-order valence-electron chi connectivity index (χ0n) is 7.68. The molecular weight excluding hydrogens is 133 g/mol. The Labute approximate surface area is 69.5 Å². The van der Waals surface area contributed by atoms with E-state index in [1.807, 2.05) is 0 Å². The van der Waals surface area contributed by atoms with Gasteiger partial charge >= 0.3 is 0 Å². The molecule has 0 saturated heterocycles. The lowest BCUT2D eigenvalue weighted by Gasteiger charge is -2.16. The Morgan fingerprint density at radius 1 is 1.27 bits per heavy atom. The lowest BCUT2D eigenvalue weighted by Crippen LogP contribution is -2.12. The molecule has 0 N–H and O–H groups in total. The number of benzene rings is 1. The predicted octanol–water partition coefficient (Wildman–Crippen LogP) is 1.29. The molecule has 0 fully saturated rings. The van der Waals surface area contributed by atoms with Crippen molar-refractivity contribution < 1.29 is 0 Å². The van der Waals surface area contributed by atoms with Crippen LogP contribution >= 0.6 is 0 Å². The van der Waals surface area contributed by atoms with Crippen LogP contribution in [0.25, 0.3) is 0 Å². The summed E-state index contributed by atoms with van der Waals surface area (Å²) in [5, 5.41) is 0. The summed E-state index contributed by atoms with van der Waals surface area (Å²) in [6, 6.07) is 6.50. The van der Waals surface area contributed by atoms with Gasteiger partial charge in [-0.15, -0.1) is 0 Å². The number of rotatable bonds is 1. The van der Waals surface area contributed by atoms with Gasteiger partial charge in [-0.3, -0.25) is 0 Å². The van der Waals surface area contributed by atoms with E-state index in [2.05, 4.69) is 51.9 Å². The number of aryl methyl sites for hydroxylation is 2. The van der Waals surface area contributed by atoms with E-state index in [0.717, 1.165) is 0 Å². The lowest BCUT2D eigenvalue weighted by atomic mass is 10.1. The van der Waals surface area contributed by atoms with Gasteiger partial charge in [0.2, 0.25) is 7.98 Å². The average Bonchev–Trinajstić information content (AvgIpc) is 1.85. The first-order valence-electron chi connectivity index (χ1n) is 3.86. The van der Waals surface area contributed by atoms with Crippen molar-refractivity contribution in [1.29, 1.82) is 0 Å². The predicted molar refractivity (Wildman–Crippen MR) is 52.9 cm³/mol. The maximum absolute atomic E-state index is 2.20. The van der Waals surface area contributed by atoms with Crippen LogP contribution in [0.3, 0.4) is 0 Å². The van der Waals surface area contributed by atoms with Crippen molar-refractivity contribution >= 4 is 13.7 Å². The zero-order chi connectivity index (χ0) is 8.43. The quantitative estimate of drug-likeness (QED) is 0.541. The molecule has 0 aliphatic carbocycles. The summed E-state index contributed by atoms with van der Waals surface area (Å²) >= 11 is 0. The minimum Gasteiger partial charge on any atom is -0.424 e. The molecule has 0 aliphatic heterocycles. The molecule has 58 valence electrons. The van der Waals surface area contributed by atoms with E-state index in [-0.39, 0.29) is 0 Å². The van der Waals surface area contributed by atoms with Crippen LogP contribution in [0.15, 0.2) is 18.2 Å². The van der Waals surface area contributed by atoms with Gasteiger partial charge in [-0.2, -0.15) is 0 Å². The third-order valence-corrected chi connectivity index (χ3v) is 1.83. The summed E-state index contributed by atoms with van der Waals surface area (Å²) in [6.07, 6.45) is 0. The average molecular weight is 147 g/mol. The molecule has 0 amide bonds. The molecule has 0 atom stereocenters. The monoisotopic (exact) mass is 147 g/mol. The van der Waals surface area contributed by atoms with E-state index < -0.39 is 0 Å². The highest BCUT2D eigenvalue weighted by Gasteiger charge is 1.98. The summed E-state index contributed by atoms with van der Waals surface area (Å²) < 4.78 is 0. The molecule has 0 saturated carbocycles. The maximum Gasteiger partial charge on any atom is 0.217 e. The van der Waals surface area contributed by atoms with Crippen LogP contribution < -0.4 is 4.81 Å². The van der Waals surface area contributed by atoms with Gasteiger partial charge in [-0.25, -0.2) is 0 Å². The number of nitrogens with zero attached hydrogens (tertiary/aromatic N) is 1. The van der Waals surface area contributed by atoms with Gasteiger partial charge in [0.05, 0.1) is 0 Å². The fraction of sp³-hybridized carbons (Fsp3) is 0.333. The molecule has 1 nitrogen and oxygen atoms in total. The molecule has 0 aromatic heterocycles. The Kier molecular flexibility index (Phi) is 2.23. The number of hydrogen-bond acceptors (Lipinski definition) is 1. The molecule has 0 unspecified atom stereocenters. The van der Waals surface area contributed by atoms with E-state index in [1.165, 1.54) is 16.8 Å². The van der Waals surface area contributed by atoms with Gasteiger partial charge in [0.1, 0.15) is 0 Å². The van der Waals surface area contributed by atoms with Crippen molar-refractivity contribution in [3.8, 4) is 0 Å². The molecule has 0 spiro atoms. The fourth-order valence-electron chi connectivity index (χ4n) is 1.31. The van der Waals surface area contributed by atoms with Crippen molar-refractivity contribution in [2.75, 3.05) is 11.9 Å². The van der Waals surface area contributed by atoms with Crippen LogP contribution in [0.5, 0.6) is 0 Å². The van der Waals surface area contributed by atoms with Crippen LogP contribution in [0.1, 0.15) is 11.1 Å². The molecule has 1 aromatic carbocycles. The van der Waals surface area contributed by atoms with Crippen molar-refractivity contribution in [2.24, 2.45) is 0 Å². The second-order valence-electron chi connectivity index (χ2n) is 3.18. The molecule has 0 heterocycles. The van der Waals surface area contributed by atoms with Gasteiger partial charge < -0.3 is 4.81 Å². The van der Waals surface area contributed by atoms with Crippen molar-refractivity contribution in [3.05, 3.63) is 29.3 Å². The van der Waals surface area contributed by atoms with E-state index in [0.29, 0.717) is 0 Å². The normalized spacial score (nSPS) is 9.73. The van der Waals surface area contributed by atoms with Crippen LogP contribution in [0, 0.1) is 13.8 Å². The molecule has 2 heteroatoms. The first-order chi connectivity index (χ1) is 5.11. The molecular formula is C9H14BN. The van der Waals surface area contributed by atoms with Crippen molar-refractivity contribution in [3.63, 3.8) is 0 Å². The van der Waals surface area contributed by atoms with Crippen molar-refractivity contribution in [2.45, 2.75) is 13.8 Å². The summed E-state index contributed by atoms with van der Waals surface area (Å²) in [7, 11) is 4.13. The van der Waals surface area contributed by atoms with E-state index in [1.54, 1.807) is 0 Å². The lowest BCUT2D eigenvalue weighted by molar-refractivity contribution is 1.27. The first kappa shape index (κ1) is 8.18. The SMILES string of the molecule is BN(C)c1ccc(C)cc1C. The summed E-state index contributed by atoms with van der Waals surface area (Å²) in [5.74, 6) is 0. The van der Waals surface area contributed by atoms with Gasteiger partial charge in [0.25, 0.3) is 0 Å². The summed E-state index contributed by atoms with van der Waals surface area (Å²) in [5.41, 5.74) is 3.97. The molecule has 11 heavy (non-hydrogen) atoms. The molecule has 1 aromatic rings. The molecule has 1 rings (SSSR count). The largest absolute Gasteiger partial charge is 0.424 e. The van der Waals surface area contributed by atoms with Crippen LogP contribution in [0.2, 0.25) is 0 Å². The smallest absolute Gasteiger partial charge is 0.217 e. The second kappa shape index (κ2) is 2.99. The number of anilines is 1. The fourth-order valence-corrected chi connectivity index (χ4v) is 1.31. The Morgan fingerprint density at radius 3 is 2.36 bits per heavy atom. The topological polar surface area (TPSA) is 3.24 Å². The molecule has 0 radical (unpaired) electrons. The highest BCUT2D eigenvalue weighted by atomic mass is 15.0. The van der Waals surface area contributed by atoms with Crippen molar-refractivity contribution in [1.82, 2.24) is 0 Å². The van der Waals surface area contributed by atoms with Gasteiger partial charge in [0, 0.05) is 5.69 Å². The summed E-state index contributed by atoms with van der Waals surface area (Å²) in [4.78, 5) is 2.13. The summed E-state index contributed by atoms with van der Waals surface area (Å²) in [6.45, 7) is 4.26. The third-order valence-electron chi connectivity index (χ3n) is 1.83. The molecule has 0 aliphatic rings. The third kappa shape index (κ3) is 1.76. The second-order valence-corrected chi connectivity index (χ2v) is 3.18. The van der Waals surface area contributed by atoms with E-state index >= 15 is 0 Å². The zero-order valence-corrected chi connectivity index (χ0v) is 7.68. The standard InChI is InChI=1S/C9H14BN/c1-7-4-5-9(11(3)10)8(2)6-7/h4-6H,10H2,1-3H3. The van der Waals surface area contributed by atoms with Crippen LogP contribution in [-0.2, 0) is 0 Å². The van der Waals surface area contributed by atoms with Crippen LogP contribution in [0.4, 0.5) is 5.69 Å². The highest BCUT2D eigenvalue weighted by Crippen LogP contribution is 2.17. The van der Waals surface area contributed by atoms with E-state index in [4.69, 9.17) is 0 Å². The van der Waals surface area contributed by atoms with Gasteiger partial charge in [-0.05, 0) is 32.5 Å². The Morgan fingerprint density at radius 2 is 1.91 bits per heavy atom. The number of hydrogen-bond donors (Lipinski definition) is 0. The minimum absolute atomic E-state index is 1.30. The highest BCUT2D eigenvalue weighted by molar-refractivity contribution is 6.17. The van der Waals surface area contributed by atoms with Gasteiger partial charge in [-0.1, -0.05) is 17.7 Å². The Bertz CT molecular complexity index is 256.